The van der Waals surface area contributed by atoms with Crippen LogP contribution in [-0.2, 0) is 23.3 Å². The molecule has 1 aromatic carbocycles. The second-order valence-corrected chi connectivity index (χ2v) is 8.90. The van der Waals surface area contributed by atoms with E-state index in [1.807, 2.05) is 32.9 Å². The third-order valence-electron chi connectivity index (χ3n) is 4.31. The van der Waals surface area contributed by atoms with Gasteiger partial charge in [0.15, 0.2) is 5.16 Å². The smallest absolute Gasteiger partial charge is 0.254 e. The molecule has 0 saturated carbocycles. The van der Waals surface area contributed by atoms with Gasteiger partial charge in [-0.2, -0.15) is 0 Å². The van der Waals surface area contributed by atoms with Gasteiger partial charge in [-0.1, -0.05) is 56.3 Å². The molecule has 1 aliphatic rings. The molecule has 0 aliphatic carbocycles. The van der Waals surface area contributed by atoms with Crippen molar-refractivity contribution < 1.29 is 4.79 Å². The van der Waals surface area contributed by atoms with Gasteiger partial charge in [0.05, 0.1) is 11.6 Å². The normalized spacial score (nSPS) is 16.8. The van der Waals surface area contributed by atoms with E-state index >= 15 is 0 Å². The van der Waals surface area contributed by atoms with E-state index in [4.69, 9.17) is 11.6 Å². The molecule has 2 aromatic rings. The third kappa shape index (κ3) is 4.30. The Balaban J connectivity index is 1.69. The van der Waals surface area contributed by atoms with Gasteiger partial charge in [-0.05, 0) is 17.7 Å². The van der Waals surface area contributed by atoms with E-state index < -0.39 is 0 Å². The zero-order valence-corrected chi connectivity index (χ0v) is 16.7. The van der Waals surface area contributed by atoms with E-state index in [1.54, 1.807) is 22.8 Å². The highest BCUT2D eigenvalue weighted by Gasteiger charge is 2.28. The Kier molecular flexibility index (Phi) is 5.44. The summed E-state index contributed by atoms with van der Waals surface area (Å²) >= 11 is 7.34. The van der Waals surface area contributed by atoms with E-state index in [0.29, 0.717) is 29.0 Å². The molecule has 138 valence electrons. The molecule has 1 N–H and O–H groups in total. The van der Waals surface area contributed by atoms with Crippen LogP contribution in [0, 0.1) is 5.92 Å². The van der Waals surface area contributed by atoms with Crippen molar-refractivity contribution in [2.45, 2.75) is 44.4 Å². The molecule has 1 amide bonds. The van der Waals surface area contributed by atoms with E-state index in [-0.39, 0.29) is 22.8 Å². The predicted octanol–water partition coefficient (Wildman–Crippen LogP) is 3.23. The fourth-order valence-corrected chi connectivity index (χ4v) is 3.91. The fraction of sp³-hybridized carbons (Fsp3) is 0.421. The summed E-state index contributed by atoms with van der Waals surface area (Å²) in [6.07, 6.45) is 0. The number of benzene rings is 1. The maximum atomic E-state index is 12.5. The first-order valence-electron chi connectivity index (χ1n) is 8.51. The van der Waals surface area contributed by atoms with Crippen LogP contribution in [0.2, 0.25) is 5.02 Å². The quantitative estimate of drug-likeness (QED) is 0.816. The average molecular weight is 392 g/mol. The topological polar surface area (TPSA) is 64.0 Å². The van der Waals surface area contributed by atoms with Crippen LogP contribution < -0.4 is 10.9 Å². The Hall–Kier alpha value is -1.79. The molecule has 0 fully saturated rings. The van der Waals surface area contributed by atoms with Crippen LogP contribution in [0.15, 0.2) is 40.3 Å². The first-order chi connectivity index (χ1) is 12.2. The maximum absolute atomic E-state index is 12.5. The van der Waals surface area contributed by atoms with Crippen molar-refractivity contribution in [3.05, 3.63) is 57.0 Å². The van der Waals surface area contributed by atoms with Crippen molar-refractivity contribution >= 4 is 29.3 Å². The number of carbonyl (C=O) groups excluding carboxylic acids is 1. The largest absolute Gasteiger partial charge is 0.352 e. The van der Waals surface area contributed by atoms with Gasteiger partial charge in [-0.15, -0.1) is 0 Å². The van der Waals surface area contributed by atoms with Gasteiger partial charge in [-0.25, -0.2) is 4.98 Å². The molecule has 1 aromatic heterocycles. The van der Waals surface area contributed by atoms with Gasteiger partial charge < -0.3 is 5.32 Å². The molecular weight excluding hydrogens is 370 g/mol. The number of nitrogens with one attached hydrogen (secondary N) is 1. The van der Waals surface area contributed by atoms with E-state index in [0.717, 1.165) is 11.3 Å². The minimum atomic E-state index is -0.250. The highest BCUT2D eigenvalue weighted by Crippen LogP contribution is 2.28. The van der Waals surface area contributed by atoms with Gasteiger partial charge in [0, 0.05) is 35.3 Å². The minimum absolute atomic E-state index is 0.0510. The first kappa shape index (κ1) is 19.0. The zero-order chi connectivity index (χ0) is 18.9. The van der Waals surface area contributed by atoms with Crippen LogP contribution in [-0.4, -0.2) is 21.2 Å². The molecule has 1 atom stereocenters. The summed E-state index contributed by atoms with van der Waals surface area (Å²) in [5.74, 6) is 0.316. The van der Waals surface area contributed by atoms with Crippen molar-refractivity contribution in [3.8, 4) is 0 Å². The van der Waals surface area contributed by atoms with Crippen LogP contribution in [0.25, 0.3) is 0 Å². The van der Waals surface area contributed by atoms with Crippen molar-refractivity contribution in [1.29, 1.82) is 0 Å². The Morgan fingerprint density at radius 1 is 1.35 bits per heavy atom. The van der Waals surface area contributed by atoms with E-state index in [2.05, 4.69) is 10.3 Å². The molecule has 0 spiro atoms. The average Bonchev–Trinajstić information content (AvgIpc) is 2.60. The minimum Gasteiger partial charge on any atom is -0.352 e. The standard InChI is InChI=1S/C19H22ClN3O2S/c1-19(2,3)15-8-16(24)23-10-13(11-26-18(23)22-15)17(25)21-9-12-4-6-14(20)7-5-12/h4-8,13H,9-11H2,1-3H3,(H,21,25)/t13-/m0/s1. The number of halogens is 1. The number of amides is 1. The number of carbonyl (C=O) groups is 1. The summed E-state index contributed by atoms with van der Waals surface area (Å²) in [5.41, 5.74) is 1.50. The lowest BCUT2D eigenvalue weighted by Crippen LogP contribution is -2.40. The lowest BCUT2D eigenvalue weighted by Gasteiger charge is -2.26. The van der Waals surface area contributed by atoms with Crippen molar-refractivity contribution in [2.24, 2.45) is 5.92 Å². The Bertz CT molecular complexity index is 872. The molecule has 26 heavy (non-hydrogen) atoms. The third-order valence-corrected chi connectivity index (χ3v) is 5.70. The summed E-state index contributed by atoms with van der Waals surface area (Å²) in [6.45, 7) is 6.91. The summed E-state index contributed by atoms with van der Waals surface area (Å²) in [4.78, 5) is 29.6. The molecule has 7 heteroatoms. The van der Waals surface area contributed by atoms with Crippen LogP contribution in [0.4, 0.5) is 0 Å². The number of aromatic nitrogens is 2. The molecule has 0 unspecified atom stereocenters. The zero-order valence-electron chi connectivity index (χ0n) is 15.1. The van der Waals surface area contributed by atoms with Crippen molar-refractivity contribution in [3.63, 3.8) is 0 Å². The number of thioether (sulfide) groups is 1. The van der Waals surface area contributed by atoms with Gasteiger partial charge in [0.2, 0.25) is 5.91 Å². The van der Waals surface area contributed by atoms with Crippen LogP contribution in [0.3, 0.4) is 0 Å². The maximum Gasteiger partial charge on any atom is 0.254 e. The second-order valence-electron chi connectivity index (χ2n) is 7.47. The van der Waals surface area contributed by atoms with E-state index in [9.17, 15) is 9.59 Å². The summed E-state index contributed by atoms with van der Waals surface area (Å²) in [7, 11) is 0. The Morgan fingerprint density at radius 3 is 2.69 bits per heavy atom. The van der Waals surface area contributed by atoms with E-state index in [1.165, 1.54) is 11.8 Å². The lowest BCUT2D eigenvalue weighted by molar-refractivity contribution is -0.125. The van der Waals surface area contributed by atoms with Crippen LogP contribution in [0.1, 0.15) is 32.0 Å². The van der Waals surface area contributed by atoms with Crippen LogP contribution in [0.5, 0.6) is 0 Å². The van der Waals surface area contributed by atoms with Gasteiger partial charge in [0.1, 0.15) is 0 Å². The number of fused-ring (bicyclic) bond motifs is 1. The Labute approximate surface area is 162 Å². The highest BCUT2D eigenvalue weighted by molar-refractivity contribution is 7.99. The SMILES string of the molecule is CC(C)(C)c1cc(=O)n2c(n1)SC[C@@H](C(=O)NCc1ccc(Cl)cc1)C2. The number of hydrogen-bond donors (Lipinski definition) is 1. The van der Waals surface area contributed by atoms with Crippen molar-refractivity contribution in [2.75, 3.05) is 5.75 Å². The second kappa shape index (κ2) is 7.45. The molecule has 0 radical (unpaired) electrons. The molecular formula is C19H22ClN3O2S. The summed E-state index contributed by atoms with van der Waals surface area (Å²) < 4.78 is 1.61. The molecule has 3 rings (SSSR count). The lowest BCUT2D eigenvalue weighted by atomic mass is 9.92. The number of hydrogen-bond acceptors (Lipinski definition) is 4. The molecule has 5 nitrogen and oxygen atoms in total. The summed E-state index contributed by atoms with van der Waals surface area (Å²) in [5, 5.41) is 4.31. The van der Waals surface area contributed by atoms with Gasteiger partial charge >= 0.3 is 0 Å². The van der Waals surface area contributed by atoms with Gasteiger partial charge in [0.25, 0.3) is 5.56 Å². The highest BCUT2D eigenvalue weighted by atomic mass is 35.5. The van der Waals surface area contributed by atoms with Crippen molar-refractivity contribution in [1.82, 2.24) is 14.9 Å². The molecule has 0 saturated heterocycles. The first-order valence-corrected chi connectivity index (χ1v) is 9.88. The molecule has 1 aliphatic heterocycles. The monoisotopic (exact) mass is 391 g/mol. The van der Waals surface area contributed by atoms with Gasteiger partial charge in [-0.3, -0.25) is 14.2 Å². The van der Waals surface area contributed by atoms with Crippen LogP contribution >= 0.6 is 23.4 Å². The molecule has 0 bridgehead atoms. The number of nitrogens with zero attached hydrogens (tertiary/aromatic N) is 2. The molecule has 2 heterocycles. The fourth-order valence-electron chi connectivity index (χ4n) is 2.69. The number of rotatable bonds is 3. The summed E-state index contributed by atoms with van der Waals surface area (Å²) in [6, 6.07) is 8.95. The predicted molar refractivity (Wildman–Crippen MR) is 105 cm³/mol. The Morgan fingerprint density at radius 2 is 2.04 bits per heavy atom.